The molecule has 0 spiro atoms. The van der Waals surface area contributed by atoms with Crippen LogP contribution in [0.5, 0.6) is 0 Å². The second kappa shape index (κ2) is 8.44. The molecule has 1 amide bonds. The van der Waals surface area contributed by atoms with Gasteiger partial charge in [0.25, 0.3) is 5.91 Å². The molecule has 0 fully saturated rings. The van der Waals surface area contributed by atoms with Crippen LogP contribution in [-0.4, -0.2) is 16.6 Å². The van der Waals surface area contributed by atoms with E-state index in [2.05, 4.69) is 43.6 Å². The van der Waals surface area contributed by atoms with Crippen LogP contribution in [0.4, 0.5) is 0 Å². The SMILES string of the molecule is CC/C(CCc1ccc(Br)cc1)=N\NC(=O)c1cccnc1. The Kier molecular flexibility index (Phi) is 6.27. The van der Waals surface area contributed by atoms with E-state index < -0.39 is 0 Å². The molecule has 1 N–H and O–H groups in total. The number of amides is 1. The maximum Gasteiger partial charge on any atom is 0.272 e. The molecule has 5 heteroatoms. The van der Waals surface area contributed by atoms with E-state index in [1.54, 1.807) is 18.3 Å². The molecule has 4 nitrogen and oxygen atoms in total. The lowest BCUT2D eigenvalue weighted by atomic mass is 10.1. The maximum atomic E-state index is 11.9. The number of carbonyl (C=O) groups is 1. The minimum atomic E-state index is -0.234. The fourth-order valence-corrected chi connectivity index (χ4v) is 2.21. The van der Waals surface area contributed by atoms with E-state index in [0.717, 1.165) is 29.4 Å². The molecular weight excluding hydrogens is 342 g/mol. The van der Waals surface area contributed by atoms with Crippen molar-refractivity contribution in [3.05, 3.63) is 64.4 Å². The van der Waals surface area contributed by atoms with Gasteiger partial charge in [-0.25, -0.2) is 5.43 Å². The van der Waals surface area contributed by atoms with Gasteiger partial charge in [0.2, 0.25) is 0 Å². The number of rotatable bonds is 6. The van der Waals surface area contributed by atoms with Gasteiger partial charge in [-0.3, -0.25) is 9.78 Å². The number of hydrogen-bond donors (Lipinski definition) is 1. The number of halogens is 1. The molecule has 22 heavy (non-hydrogen) atoms. The summed E-state index contributed by atoms with van der Waals surface area (Å²) in [5.74, 6) is -0.234. The summed E-state index contributed by atoms with van der Waals surface area (Å²) in [7, 11) is 0. The quantitative estimate of drug-likeness (QED) is 0.626. The second-order valence-electron chi connectivity index (χ2n) is 4.84. The molecule has 2 aromatic rings. The van der Waals surface area contributed by atoms with E-state index >= 15 is 0 Å². The molecule has 1 heterocycles. The van der Waals surface area contributed by atoms with Crippen LogP contribution in [0.1, 0.15) is 35.7 Å². The highest BCUT2D eigenvalue weighted by atomic mass is 79.9. The third kappa shape index (κ3) is 5.07. The van der Waals surface area contributed by atoms with Crippen LogP contribution in [0.25, 0.3) is 0 Å². The van der Waals surface area contributed by atoms with Crippen LogP contribution < -0.4 is 5.43 Å². The van der Waals surface area contributed by atoms with Gasteiger partial charge in [0, 0.05) is 22.6 Å². The summed E-state index contributed by atoms with van der Waals surface area (Å²) >= 11 is 3.43. The largest absolute Gasteiger partial charge is 0.272 e. The third-order valence-corrected chi connectivity index (χ3v) is 3.79. The number of hydrogen-bond acceptors (Lipinski definition) is 3. The molecule has 0 aliphatic rings. The highest BCUT2D eigenvalue weighted by Crippen LogP contribution is 2.12. The highest BCUT2D eigenvalue weighted by Gasteiger charge is 2.05. The summed E-state index contributed by atoms with van der Waals surface area (Å²) < 4.78 is 1.07. The fourth-order valence-electron chi connectivity index (χ4n) is 1.94. The van der Waals surface area contributed by atoms with E-state index in [1.807, 2.05) is 19.1 Å². The van der Waals surface area contributed by atoms with Crippen LogP contribution in [-0.2, 0) is 6.42 Å². The van der Waals surface area contributed by atoms with Gasteiger partial charge in [0.15, 0.2) is 0 Å². The van der Waals surface area contributed by atoms with E-state index in [9.17, 15) is 4.79 Å². The van der Waals surface area contributed by atoms with Gasteiger partial charge in [-0.1, -0.05) is 35.0 Å². The van der Waals surface area contributed by atoms with Gasteiger partial charge >= 0.3 is 0 Å². The number of nitrogens with one attached hydrogen (secondary N) is 1. The van der Waals surface area contributed by atoms with E-state index in [4.69, 9.17) is 0 Å². The lowest BCUT2D eigenvalue weighted by Gasteiger charge is -2.05. The summed E-state index contributed by atoms with van der Waals surface area (Å²) in [6.07, 6.45) is 5.70. The van der Waals surface area contributed by atoms with Crippen molar-refractivity contribution in [1.82, 2.24) is 10.4 Å². The van der Waals surface area contributed by atoms with Crippen LogP contribution in [0.15, 0.2) is 58.4 Å². The zero-order valence-electron chi connectivity index (χ0n) is 12.4. The van der Waals surface area contributed by atoms with Crippen LogP contribution in [0.3, 0.4) is 0 Å². The zero-order valence-corrected chi connectivity index (χ0v) is 14.0. The maximum absolute atomic E-state index is 11.9. The molecule has 0 saturated carbocycles. The number of benzene rings is 1. The van der Waals surface area contributed by atoms with Crippen molar-refractivity contribution in [3.63, 3.8) is 0 Å². The van der Waals surface area contributed by atoms with Crippen molar-refractivity contribution in [2.24, 2.45) is 5.10 Å². The first-order valence-corrected chi connectivity index (χ1v) is 7.98. The molecule has 0 aliphatic heterocycles. The summed E-state index contributed by atoms with van der Waals surface area (Å²) in [4.78, 5) is 15.8. The summed E-state index contributed by atoms with van der Waals surface area (Å²) in [6.45, 7) is 2.04. The minimum Gasteiger partial charge on any atom is -0.267 e. The standard InChI is InChI=1S/C17H18BrN3O/c1-2-16(10-7-13-5-8-15(18)9-6-13)20-21-17(22)14-4-3-11-19-12-14/h3-6,8-9,11-12H,2,7,10H2,1H3,(H,21,22)/b20-16+. The van der Waals surface area contributed by atoms with E-state index in [0.29, 0.717) is 5.56 Å². The summed E-state index contributed by atoms with van der Waals surface area (Å²) in [6, 6.07) is 11.7. The Bertz CT molecular complexity index is 639. The van der Waals surface area contributed by atoms with Gasteiger partial charge in [-0.15, -0.1) is 0 Å². The molecule has 1 aromatic carbocycles. The van der Waals surface area contributed by atoms with E-state index in [1.165, 1.54) is 11.8 Å². The lowest BCUT2D eigenvalue weighted by molar-refractivity contribution is 0.0954. The number of aryl methyl sites for hydroxylation is 1. The van der Waals surface area contributed by atoms with E-state index in [-0.39, 0.29) is 5.91 Å². The molecule has 0 unspecified atom stereocenters. The third-order valence-electron chi connectivity index (χ3n) is 3.26. The molecule has 1 aromatic heterocycles. The van der Waals surface area contributed by atoms with Crippen LogP contribution in [0, 0.1) is 0 Å². The Morgan fingerprint density at radius 1 is 1.27 bits per heavy atom. The van der Waals surface area contributed by atoms with Gasteiger partial charge in [-0.05, 0) is 49.1 Å². The van der Waals surface area contributed by atoms with Crippen molar-refractivity contribution in [1.29, 1.82) is 0 Å². The Hall–Kier alpha value is -2.01. The van der Waals surface area contributed by atoms with Gasteiger partial charge in [0.1, 0.15) is 0 Å². The first-order chi connectivity index (χ1) is 10.7. The van der Waals surface area contributed by atoms with Gasteiger partial charge in [-0.2, -0.15) is 5.10 Å². The highest BCUT2D eigenvalue weighted by molar-refractivity contribution is 9.10. The average Bonchev–Trinajstić information content (AvgIpc) is 2.57. The van der Waals surface area contributed by atoms with Crippen LogP contribution >= 0.6 is 15.9 Å². The average molecular weight is 360 g/mol. The molecule has 0 saturated heterocycles. The Balaban J connectivity index is 1.90. The van der Waals surface area contributed by atoms with Crippen molar-refractivity contribution in [2.45, 2.75) is 26.2 Å². The summed E-state index contributed by atoms with van der Waals surface area (Å²) in [5, 5.41) is 4.23. The van der Waals surface area contributed by atoms with Gasteiger partial charge < -0.3 is 0 Å². The predicted molar refractivity (Wildman–Crippen MR) is 91.9 cm³/mol. The minimum absolute atomic E-state index is 0.234. The summed E-state index contributed by atoms with van der Waals surface area (Å²) in [5.41, 5.74) is 5.33. The van der Waals surface area contributed by atoms with Crippen molar-refractivity contribution < 1.29 is 4.79 Å². The molecule has 114 valence electrons. The molecule has 0 radical (unpaired) electrons. The molecule has 0 aliphatic carbocycles. The zero-order chi connectivity index (χ0) is 15.8. The first kappa shape index (κ1) is 16.4. The number of carbonyl (C=O) groups excluding carboxylic acids is 1. The smallest absolute Gasteiger partial charge is 0.267 e. The number of aromatic nitrogens is 1. The van der Waals surface area contributed by atoms with Crippen LogP contribution in [0.2, 0.25) is 0 Å². The fraction of sp³-hybridized carbons (Fsp3) is 0.235. The Morgan fingerprint density at radius 2 is 2.05 bits per heavy atom. The first-order valence-electron chi connectivity index (χ1n) is 7.19. The number of nitrogens with zero attached hydrogens (tertiary/aromatic N) is 2. The number of hydrazone groups is 1. The molecular formula is C17H18BrN3O. The number of pyridine rings is 1. The Labute approximate surface area is 138 Å². The predicted octanol–water partition coefficient (Wildman–Crippen LogP) is 3.97. The van der Waals surface area contributed by atoms with Crippen molar-refractivity contribution >= 4 is 27.5 Å². The normalized spacial score (nSPS) is 11.3. The Morgan fingerprint density at radius 3 is 2.68 bits per heavy atom. The molecule has 2 rings (SSSR count). The van der Waals surface area contributed by atoms with Gasteiger partial charge in [0.05, 0.1) is 5.56 Å². The monoisotopic (exact) mass is 359 g/mol. The van der Waals surface area contributed by atoms with Crippen molar-refractivity contribution in [2.75, 3.05) is 0 Å². The second-order valence-corrected chi connectivity index (χ2v) is 5.76. The van der Waals surface area contributed by atoms with Crippen molar-refractivity contribution in [3.8, 4) is 0 Å². The molecule has 0 atom stereocenters. The molecule has 0 bridgehead atoms. The topological polar surface area (TPSA) is 54.4 Å². The lowest BCUT2D eigenvalue weighted by Crippen LogP contribution is -2.20.